The van der Waals surface area contributed by atoms with Crippen molar-refractivity contribution < 1.29 is 0 Å². The molecular formula is C11H14S. The van der Waals surface area contributed by atoms with E-state index in [9.17, 15) is 0 Å². The highest BCUT2D eigenvalue weighted by Gasteiger charge is 2.04. The Labute approximate surface area is 78.7 Å². The van der Waals surface area contributed by atoms with Gasteiger partial charge in [-0.05, 0) is 11.8 Å². The zero-order valence-corrected chi connectivity index (χ0v) is 8.18. The molecule has 1 unspecified atom stereocenters. The molecule has 0 radical (unpaired) electrons. The van der Waals surface area contributed by atoms with Crippen LogP contribution in [0.5, 0.6) is 0 Å². The normalized spacial score (nSPS) is 12.4. The average molecular weight is 178 g/mol. The van der Waals surface area contributed by atoms with Crippen molar-refractivity contribution >= 4 is 11.8 Å². The van der Waals surface area contributed by atoms with Crippen molar-refractivity contribution in [3.05, 3.63) is 48.6 Å². The lowest BCUT2D eigenvalue weighted by Crippen LogP contribution is -1.96. The third-order valence-electron chi connectivity index (χ3n) is 1.86. The molecule has 12 heavy (non-hydrogen) atoms. The van der Waals surface area contributed by atoms with Crippen LogP contribution in [0.4, 0.5) is 0 Å². The Morgan fingerprint density at radius 3 is 2.58 bits per heavy atom. The highest BCUT2D eigenvalue weighted by atomic mass is 32.2. The molecule has 1 aromatic carbocycles. The zero-order valence-electron chi connectivity index (χ0n) is 7.36. The van der Waals surface area contributed by atoms with E-state index in [0.29, 0.717) is 5.92 Å². The van der Waals surface area contributed by atoms with Crippen LogP contribution in [-0.4, -0.2) is 12.0 Å². The average Bonchev–Trinajstić information content (AvgIpc) is 2.15. The first-order chi connectivity index (χ1) is 5.88. The molecule has 0 fully saturated rings. The summed E-state index contributed by atoms with van der Waals surface area (Å²) in [5.74, 6) is 1.62. The first kappa shape index (κ1) is 9.40. The van der Waals surface area contributed by atoms with E-state index in [2.05, 4.69) is 37.1 Å². The van der Waals surface area contributed by atoms with E-state index < -0.39 is 0 Å². The largest absolute Gasteiger partial charge is 0.164 e. The van der Waals surface area contributed by atoms with Gasteiger partial charge in [-0.25, -0.2) is 0 Å². The highest BCUT2D eigenvalue weighted by molar-refractivity contribution is 7.98. The van der Waals surface area contributed by atoms with Crippen LogP contribution >= 0.6 is 11.8 Å². The summed E-state index contributed by atoms with van der Waals surface area (Å²) in [5, 5.41) is 0. The highest BCUT2D eigenvalue weighted by Crippen LogP contribution is 2.19. The zero-order chi connectivity index (χ0) is 8.81. The molecule has 1 rings (SSSR count). The molecule has 1 atom stereocenters. The van der Waals surface area contributed by atoms with Crippen LogP contribution in [0.25, 0.3) is 0 Å². The molecule has 0 aromatic heterocycles. The second-order valence-corrected chi connectivity index (χ2v) is 3.62. The van der Waals surface area contributed by atoms with Crippen LogP contribution < -0.4 is 0 Å². The molecule has 0 bridgehead atoms. The van der Waals surface area contributed by atoms with E-state index >= 15 is 0 Å². The van der Waals surface area contributed by atoms with Crippen molar-refractivity contribution in [1.82, 2.24) is 0 Å². The summed E-state index contributed by atoms with van der Waals surface area (Å²) in [7, 11) is 0. The summed E-state index contributed by atoms with van der Waals surface area (Å²) >= 11 is 1.86. The van der Waals surface area contributed by atoms with E-state index in [1.165, 1.54) is 5.56 Å². The summed E-state index contributed by atoms with van der Waals surface area (Å²) in [4.78, 5) is 0. The Balaban J connectivity index is 2.73. The first-order valence-corrected chi connectivity index (χ1v) is 5.44. The van der Waals surface area contributed by atoms with Gasteiger partial charge in [0.1, 0.15) is 0 Å². The van der Waals surface area contributed by atoms with Gasteiger partial charge < -0.3 is 0 Å². The molecule has 0 nitrogen and oxygen atoms in total. The number of hydrogen-bond donors (Lipinski definition) is 0. The number of benzene rings is 1. The summed E-state index contributed by atoms with van der Waals surface area (Å²) in [5.41, 5.74) is 1.36. The minimum atomic E-state index is 0.501. The maximum absolute atomic E-state index is 3.84. The molecule has 0 N–H and O–H groups in total. The van der Waals surface area contributed by atoms with E-state index in [4.69, 9.17) is 0 Å². The fraction of sp³-hybridized carbons (Fsp3) is 0.273. The Hall–Kier alpha value is -0.690. The van der Waals surface area contributed by atoms with Crippen molar-refractivity contribution in [2.45, 2.75) is 5.92 Å². The summed E-state index contributed by atoms with van der Waals surface area (Å²) in [6.45, 7) is 3.84. The maximum atomic E-state index is 3.84. The van der Waals surface area contributed by atoms with Gasteiger partial charge in [-0.1, -0.05) is 36.4 Å². The van der Waals surface area contributed by atoms with E-state index in [0.717, 1.165) is 5.75 Å². The Kier molecular flexibility index (Phi) is 3.95. The van der Waals surface area contributed by atoms with Gasteiger partial charge in [0.05, 0.1) is 0 Å². The van der Waals surface area contributed by atoms with Crippen molar-refractivity contribution in [2.24, 2.45) is 0 Å². The van der Waals surface area contributed by atoms with Crippen LogP contribution in [0.2, 0.25) is 0 Å². The molecule has 0 aliphatic heterocycles. The minimum Gasteiger partial charge on any atom is -0.164 e. The fourth-order valence-electron chi connectivity index (χ4n) is 1.18. The van der Waals surface area contributed by atoms with Crippen molar-refractivity contribution in [1.29, 1.82) is 0 Å². The van der Waals surface area contributed by atoms with Crippen molar-refractivity contribution in [2.75, 3.05) is 12.0 Å². The fourth-order valence-corrected chi connectivity index (χ4v) is 1.87. The minimum absolute atomic E-state index is 0.501. The molecule has 0 amide bonds. The van der Waals surface area contributed by atoms with Crippen LogP contribution in [0.1, 0.15) is 11.5 Å². The van der Waals surface area contributed by atoms with E-state index in [-0.39, 0.29) is 0 Å². The quantitative estimate of drug-likeness (QED) is 0.637. The molecule has 0 saturated heterocycles. The van der Waals surface area contributed by atoms with Gasteiger partial charge in [0.2, 0.25) is 0 Å². The van der Waals surface area contributed by atoms with E-state index in [1.54, 1.807) is 0 Å². The predicted octanol–water partition coefficient (Wildman–Crippen LogP) is 3.32. The second kappa shape index (κ2) is 5.04. The number of rotatable bonds is 4. The number of allylic oxidation sites excluding steroid dienone is 1. The van der Waals surface area contributed by atoms with Gasteiger partial charge in [-0.15, -0.1) is 6.58 Å². The summed E-state index contributed by atoms with van der Waals surface area (Å²) in [6, 6.07) is 10.5. The van der Waals surface area contributed by atoms with Gasteiger partial charge in [0.25, 0.3) is 0 Å². The van der Waals surface area contributed by atoms with Crippen molar-refractivity contribution in [3.63, 3.8) is 0 Å². The lowest BCUT2D eigenvalue weighted by atomic mass is 10.0. The van der Waals surface area contributed by atoms with Crippen molar-refractivity contribution in [3.8, 4) is 0 Å². The molecule has 0 saturated carbocycles. The third kappa shape index (κ3) is 2.42. The van der Waals surface area contributed by atoms with Gasteiger partial charge in [0, 0.05) is 11.7 Å². The lowest BCUT2D eigenvalue weighted by molar-refractivity contribution is 0.988. The van der Waals surface area contributed by atoms with Gasteiger partial charge >= 0.3 is 0 Å². The maximum Gasteiger partial charge on any atom is 0.0106 e. The topological polar surface area (TPSA) is 0 Å². The predicted molar refractivity (Wildman–Crippen MR) is 57.8 cm³/mol. The molecule has 1 aromatic rings. The molecule has 0 spiro atoms. The monoisotopic (exact) mass is 178 g/mol. The Morgan fingerprint density at radius 2 is 2.08 bits per heavy atom. The van der Waals surface area contributed by atoms with Gasteiger partial charge in [0.15, 0.2) is 0 Å². The Morgan fingerprint density at radius 1 is 1.42 bits per heavy atom. The number of hydrogen-bond acceptors (Lipinski definition) is 1. The van der Waals surface area contributed by atoms with Crippen LogP contribution in [0.15, 0.2) is 43.0 Å². The molecule has 0 heterocycles. The van der Waals surface area contributed by atoms with Crippen LogP contribution in [0.3, 0.4) is 0 Å². The van der Waals surface area contributed by atoms with Crippen LogP contribution in [-0.2, 0) is 0 Å². The third-order valence-corrected chi connectivity index (χ3v) is 2.55. The second-order valence-electron chi connectivity index (χ2n) is 2.71. The van der Waals surface area contributed by atoms with Crippen LogP contribution in [0, 0.1) is 0 Å². The molecule has 0 aliphatic rings. The number of thioether (sulfide) groups is 1. The smallest absolute Gasteiger partial charge is 0.0106 e. The van der Waals surface area contributed by atoms with Gasteiger partial charge in [-0.2, -0.15) is 11.8 Å². The lowest BCUT2D eigenvalue weighted by Gasteiger charge is -2.10. The standard InChI is InChI=1S/C11H14S/c1-3-10(9-12-2)11-7-5-4-6-8-11/h3-8,10H,1,9H2,2H3. The molecule has 64 valence electrons. The SMILES string of the molecule is C=CC(CSC)c1ccccc1. The molecule has 1 heteroatoms. The summed E-state index contributed by atoms with van der Waals surface area (Å²) in [6.07, 6.45) is 4.14. The van der Waals surface area contributed by atoms with Gasteiger partial charge in [-0.3, -0.25) is 0 Å². The van der Waals surface area contributed by atoms with E-state index in [1.807, 2.05) is 23.9 Å². The summed E-state index contributed by atoms with van der Waals surface area (Å²) < 4.78 is 0. The Bertz CT molecular complexity index is 228. The molecule has 0 aliphatic carbocycles. The first-order valence-electron chi connectivity index (χ1n) is 4.05. The molecular weight excluding hydrogens is 164 g/mol.